The van der Waals surface area contributed by atoms with Crippen LogP contribution in [0.25, 0.3) is 17.1 Å². The third kappa shape index (κ3) is 7.28. The highest BCUT2D eigenvalue weighted by Crippen LogP contribution is 2.24. The molecule has 0 aliphatic rings. The van der Waals surface area contributed by atoms with Gasteiger partial charge in [-0.05, 0) is 47.2 Å². The maximum absolute atomic E-state index is 12.4. The lowest BCUT2D eigenvalue weighted by Gasteiger charge is -2.12. The number of halogens is 3. The number of nitrogens with one attached hydrogen (secondary N) is 1. The van der Waals surface area contributed by atoms with E-state index in [1.807, 2.05) is 38.1 Å². The van der Waals surface area contributed by atoms with Gasteiger partial charge in [0.15, 0.2) is 5.82 Å². The number of carbonyl (C=O) groups excluding carboxylic acids is 1. The van der Waals surface area contributed by atoms with Gasteiger partial charge in [-0.2, -0.15) is 13.2 Å². The summed E-state index contributed by atoms with van der Waals surface area (Å²) in [4.78, 5) is 21.4. The molecule has 3 aromatic carbocycles. The highest BCUT2D eigenvalue weighted by atomic mass is 19.4. The normalized spacial score (nSPS) is 11.7. The number of hydrogen-bond acceptors (Lipinski definition) is 5. The van der Waals surface area contributed by atoms with Crippen LogP contribution < -0.4 is 5.32 Å². The molecule has 0 aliphatic heterocycles. The Hall–Kier alpha value is -4.47. The van der Waals surface area contributed by atoms with Crippen LogP contribution in [-0.4, -0.2) is 33.2 Å². The van der Waals surface area contributed by atoms with Gasteiger partial charge in [-0.15, -0.1) is 5.10 Å². The predicted octanol–water partition coefficient (Wildman–Crippen LogP) is 7.14. The summed E-state index contributed by atoms with van der Waals surface area (Å²) >= 11 is 0. The van der Waals surface area contributed by atoms with Crippen LogP contribution in [0.2, 0.25) is 0 Å². The molecule has 0 saturated carbocycles. The maximum Gasteiger partial charge on any atom is 0.437 e. The first kappa shape index (κ1) is 26.6. The van der Waals surface area contributed by atoms with Crippen molar-refractivity contribution in [1.29, 1.82) is 0 Å². The quantitative estimate of drug-likeness (QED) is 0.152. The van der Waals surface area contributed by atoms with Crippen LogP contribution in [0.5, 0.6) is 0 Å². The highest BCUT2D eigenvalue weighted by molar-refractivity contribution is 5.87. The van der Waals surface area contributed by atoms with E-state index in [0.29, 0.717) is 28.3 Å². The zero-order valence-corrected chi connectivity index (χ0v) is 20.8. The molecule has 10 heteroatoms. The van der Waals surface area contributed by atoms with Crippen molar-refractivity contribution in [2.75, 3.05) is 5.32 Å². The van der Waals surface area contributed by atoms with Crippen molar-refractivity contribution in [3.8, 4) is 17.1 Å². The SMILES string of the molecule is CC(C)c1ccccc1NC(=O)O/N=C/c1ccc(-c2ncn(-c3ccc(CCC(F)(F)F)cc3)n2)cc1. The molecule has 0 atom stereocenters. The molecular formula is C28H26F3N5O2. The monoisotopic (exact) mass is 521 g/mol. The van der Waals surface area contributed by atoms with Crippen LogP contribution in [-0.2, 0) is 11.3 Å². The number of rotatable bonds is 8. The standard InChI is InChI=1S/C28H26F3N5O2/c1-19(2)24-5-3-4-6-25(24)34-27(37)38-33-17-21-7-11-22(12-8-21)26-32-18-36(35-26)23-13-9-20(10-14-23)15-16-28(29,30)31/h3-14,17-19H,15-16H2,1-2H3,(H,34,37)/b33-17+. The first-order chi connectivity index (χ1) is 18.2. The summed E-state index contributed by atoms with van der Waals surface area (Å²) < 4.78 is 38.8. The van der Waals surface area contributed by atoms with E-state index in [4.69, 9.17) is 4.84 Å². The molecule has 38 heavy (non-hydrogen) atoms. The smallest absolute Gasteiger partial charge is 0.298 e. The van der Waals surface area contributed by atoms with E-state index in [1.54, 1.807) is 59.5 Å². The largest absolute Gasteiger partial charge is 0.437 e. The summed E-state index contributed by atoms with van der Waals surface area (Å²) in [6, 6.07) is 21.4. The van der Waals surface area contributed by atoms with Crippen LogP contribution in [0.3, 0.4) is 0 Å². The van der Waals surface area contributed by atoms with Gasteiger partial charge in [-0.25, -0.2) is 14.5 Å². The van der Waals surface area contributed by atoms with Crippen molar-refractivity contribution in [2.45, 2.75) is 38.8 Å². The molecule has 196 valence electrons. The number of para-hydroxylation sites is 1. The molecule has 0 aliphatic carbocycles. The van der Waals surface area contributed by atoms with E-state index < -0.39 is 18.7 Å². The average Bonchev–Trinajstić information content (AvgIpc) is 3.38. The van der Waals surface area contributed by atoms with Gasteiger partial charge in [-0.3, -0.25) is 10.2 Å². The molecule has 4 rings (SSSR count). The second-order valence-corrected chi connectivity index (χ2v) is 8.90. The van der Waals surface area contributed by atoms with Gasteiger partial charge in [0.1, 0.15) is 6.33 Å². The lowest BCUT2D eigenvalue weighted by molar-refractivity contribution is -0.134. The zero-order valence-electron chi connectivity index (χ0n) is 20.8. The number of nitrogens with zero attached hydrogens (tertiary/aromatic N) is 4. The van der Waals surface area contributed by atoms with Gasteiger partial charge in [0.2, 0.25) is 0 Å². The van der Waals surface area contributed by atoms with Crippen LogP contribution >= 0.6 is 0 Å². The van der Waals surface area contributed by atoms with E-state index in [1.165, 1.54) is 6.21 Å². The fourth-order valence-corrected chi connectivity index (χ4v) is 3.72. The average molecular weight is 522 g/mol. The van der Waals surface area contributed by atoms with Gasteiger partial charge in [-0.1, -0.05) is 73.6 Å². The molecule has 1 heterocycles. The van der Waals surface area contributed by atoms with Gasteiger partial charge < -0.3 is 0 Å². The van der Waals surface area contributed by atoms with Crippen molar-refractivity contribution in [3.63, 3.8) is 0 Å². The fourth-order valence-electron chi connectivity index (χ4n) is 3.72. The molecule has 4 aromatic rings. The lowest BCUT2D eigenvalue weighted by atomic mass is 10.0. The summed E-state index contributed by atoms with van der Waals surface area (Å²) in [5.74, 6) is 0.723. The lowest BCUT2D eigenvalue weighted by Crippen LogP contribution is -2.12. The number of alkyl halides is 3. The number of aryl methyl sites for hydroxylation is 1. The minimum atomic E-state index is -4.18. The number of anilines is 1. The molecule has 7 nitrogen and oxygen atoms in total. The Kier molecular flexibility index (Phi) is 8.20. The molecule has 0 saturated heterocycles. The minimum Gasteiger partial charge on any atom is -0.298 e. The Morgan fingerprint density at radius 3 is 2.45 bits per heavy atom. The van der Waals surface area contributed by atoms with Gasteiger partial charge in [0.05, 0.1) is 11.9 Å². The molecular weight excluding hydrogens is 495 g/mol. The Bertz CT molecular complexity index is 1400. The molecule has 0 unspecified atom stereocenters. The van der Waals surface area contributed by atoms with Gasteiger partial charge in [0, 0.05) is 17.7 Å². The number of hydrogen-bond donors (Lipinski definition) is 1. The van der Waals surface area contributed by atoms with E-state index in [0.717, 1.165) is 11.1 Å². The molecule has 1 amide bonds. The summed E-state index contributed by atoms with van der Waals surface area (Å²) in [6.07, 6.45) is -2.82. The van der Waals surface area contributed by atoms with Crippen molar-refractivity contribution in [2.24, 2.45) is 5.16 Å². The predicted molar refractivity (Wildman–Crippen MR) is 139 cm³/mol. The van der Waals surface area contributed by atoms with Crippen LogP contribution in [0.15, 0.2) is 84.3 Å². The topological polar surface area (TPSA) is 81.4 Å². The highest BCUT2D eigenvalue weighted by Gasteiger charge is 2.26. The van der Waals surface area contributed by atoms with Crippen molar-refractivity contribution < 1.29 is 22.8 Å². The minimum absolute atomic E-state index is 0.0656. The molecule has 0 fully saturated rings. The number of aromatic nitrogens is 3. The Balaban J connectivity index is 1.33. The second-order valence-electron chi connectivity index (χ2n) is 8.90. The third-order valence-electron chi connectivity index (χ3n) is 5.72. The number of oxime groups is 1. The molecule has 0 spiro atoms. The Morgan fingerprint density at radius 2 is 1.76 bits per heavy atom. The maximum atomic E-state index is 12.4. The number of benzene rings is 3. The first-order valence-corrected chi connectivity index (χ1v) is 12.0. The molecule has 0 radical (unpaired) electrons. The first-order valence-electron chi connectivity index (χ1n) is 12.0. The summed E-state index contributed by atoms with van der Waals surface area (Å²) in [7, 11) is 0. The number of amides is 1. The third-order valence-corrected chi connectivity index (χ3v) is 5.72. The Morgan fingerprint density at radius 1 is 1.05 bits per heavy atom. The zero-order chi connectivity index (χ0) is 27.1. The van der Waals surface area contributed by atoms with Crippen molar-refractivity contribution in [1.82, 2.24) is 14.8 Å². The molecule has 1 aromatic heterocycles. The van der Waals surface area contributed by atoms with E-state index >= 15 is 0 Å². The summed E-state index contributed by atoms with van der Waals surface area (Å²) in [6.45, 7) is 4.08. The Labute approximate surface area is 218 Å². The van der Waals surface area contributed by atoms with E-state index in [9.17, 15) is 18.0 Å². The van der Waals surface area contributed by atoms with Gasteiger partial charge in [0.25, 0.3) is 0 Å². The summed E-state index contributed by atoms with van der Waals surface area (Å²) in [5, 5.41) is 10.9. The molecule has 0 bridgehead atoms. The van der Waals surface area contributed by atoms with Gasteiger partial charge >= 0.3 is 12.3 Å². The fraction of sp³-hybridized carbons (Fsp3) is 0.214. The van der Waals surface area contributed by atoms with E-state index in [2.05, 4.69) is 20.6 Å². The van der Waals surface area contributed by atoms with Crippen molar-refractivity contribution in [3.05, 3.63) is 95.8 Å². The number of carbonyl (C=O) groups is 1. The van der Waals surface area contributed by atoms with Crippen LogP contribution in [0, 0.1) is 0 Å². The van der Waals surface area contributed by atoms with Crippen LogP contribution in [0.4, 0.5) is 23.7 Å². The van der Waals surface area contributed by atoms with Crippen LogP contribution in [0.1, 0.15) is 42.9 Å². The summed E-state index contributed by atoms with van der Waals surface area (Å²) in [5.41, 5.74) is 4.43. The second kappa shape index (κ2) is 11.7. The van der Waals surface area contributed by atoms with Crippen molar-refractivity contribution >= 4 is 18.0 Å². The van der Waals surface area contributed by atoms with E-state index in [-0.39, 0.29) is 12.3 Å². The molecule has 1 N–H and O–H groups in total.